The predicted molar refractivity (Wildman–Crippen MR) is 270 cm³/mol. The van der Waals surface area contributed by atoms with Crippen LogP contribution in [0.15, 0.2) is 48.6 Å². The fraction of sp³-hybridized carbons (Fsp3) is 0.796. The second kappa shape index (κ2) is 48.9. The highest BCUT2D eigenvalue weighted by Gasteiger charge is 2.28. The number of rotatable bonds is 49. The van der Waals surface area contributed by atoms with Gasteiger partial charge in [-0.1, -0.05) is 179 Å². The van der Waals surface area contributed by atoms with Crippen LogP contribution < -0.4 is 0 Å². The van der Waals surface area contributed by atoms with E-state index in [1.807, 2.05) is 0 Å². The largest absolute Gasteiger partial charge is 0.472 e. The van der Waals surface area contributed by atoms with Gasteiger partial charge < -0.3 is 24.2 Å². The Labute approximate surface area is 403 Å². The zero-order valence-corrected chi connectivity index (χ0v) is 43.1. The molecule has 384 valence electrons. The average Bonchev–Trinajstić information content (AvgIpc) is 3.30. The minimum Gasteiger partial charge on any atom is -0.462 e. The van der Waals surface area contributed by atoms with Crippen LogP contribution in [-0.2, 0) is 42.2 Å². The standard InChI is InChI=1S/C54H97O11P/c1-4-7-10-13-16-19-22-24-25-27-30-33-36-39-42-45-54(58)65-51(47-61-52(56)43-40-37-34-31-29-26-23-20-17-14-11-8-5-2)49-63-66(59,60)62-48-50(46-55)64-53(57)44-41-38-35-32-28-21-18-15-12-9-6-3/h11,14-15,18,20,23-25,50-51,55H,4-10,12-13,16-17,19,21-22,26-49H2,1-3H3,(H,59,60)/b14-11-,18-15-,23-20-,25-24-. The molecule has 0 saturated heterocycles. The first-order valence-corrected chi connectivity index (χ1v) is 28.0. The number of aliphatic hydroxyl groups is 1. The number of phosphoric acid groups is 1. The Morgan fingerprint density at radius 3 is 1.24 bits per heavy atom. The van der Waals surface area contributed by atoms with Crippen LogP contribution in [0.3, 0.4) is 0 Å². The van der Waals surface area contributed by atoms with Crippen LogP contribution in [0.4, 0.5) is 0 Å². The van der Waals surface area contributed by atoms with Crippen molar-refractivity contribution >= 4 is 25.7 Å². The first-order chi connectivity index (χ1) is 32.2. The first-order valence-electron chi connectivity index (χ1n) is 26.5. The normalized spacial score (nSPS) is 13.8. The Morgan fingerprint density at radius 1 is 0.424 bits per heavy atom. The molecule has 0 aromatic carbocycles. The molecule has 12 heteroatoms. The number of carbonyl (C=O) groups is 3. The van der Waals surface area contributed by atoms with Crippen molar-refractivity contribution in [3.63, 3.8) is 0 Å². The molecule has 0 amide bonds. The number of phosphoric ester groups is 1. The molecule has 2 N–H and O–H groups in total. The number of unbranched alkanes of at least 4 members (excludes halogenated alkanes) is 24. The van der Waals surface area contributed by atoms with Gasteiger partial charge in [0.05, 0.1) is 19.8 Å². The molecule has 0 spiro atoms. The smallest absolute Gasteiger partial charge is 0.462 e. The van der Waals surface area contributed by atoms with E-state index in [0.717, 1.165) is 122 Å². The van der Waals surface area contributed by atoms with E-state index in [2.05, 4.69) is 69.4 Å². The number of allylic oxidation sites excluding steroid dienone is 8. The van der Waals surface area contributed by atoms with E-state index in [4.69, 9.17) is 23.3 Å². The lowest BCUT2D eigenvalue weighted by molar-refractivity contribution is -0.161. The van der Waals surface area contributed by atoms with Crippen LogP contribution >= 0.6 is 7.82 Å². The number of hydrogen-bond donors (Lipinski definition) is 2. The maximum absolute atomic E-state index is 12.8. The van der Waals surface area contributed by atoms with Crippen molar-refractivity contribution in [1.29, 1.82) is 0 Å². The Balaban J connectivity index is 4.77. The van der Waals surface area contributed by atoms with Gasteiger partial charge in [-0.05, 0) is 89.9 Å². The van der Waals surface area contributed by atoms with E-state index < -0.39 is 57.8 Å². The zero-order chi connectivity index (χ0) is 48.4. The van der Waals surface area contributed by atoms with Gasteiger partial charge in [0, 0.05) is 19.3 Å². The van der Waals surface area contributed by atoms with Crippen LogP contribution in [0.2, 0.25) is 0 Å². The van der Waals surface area contributed by atoms with Crippen LogP contribution in [0.1, 0.15) is 239 Å². The highest BCUT2D eigenvalue weighted by atomic mass is 31.2. The number of aliphatic hydroxyl groups excluding tert-OH is 1. The summed E-state index contributed by atoms with van der Waals surface area (Å²) in [5, 5.41) is 9.76. The average molecular weight is 953 g/mol. The van der Waals surface area contributed by atoms with E-state index in [0.29, 0.717) is 19.3 Å². The quantitative estimate of drug-likeness (QED) is 0.0197. The molecule has 0 heterocycles. The molecule has 0 aliphatic heterocycles. The molecule has 0 aromatic rings. The van der Waals surface area contributed by atoms with E-state index in [9.17, 15) is 28.9 Å². The van der Waals surface area contributed by atoms with Gasteiger partial charge >= 0.3 is 25.7 Å². The maximum Gasteiger partial charge on any atom is 0.472 e. The van der Waals surface area contributed by atoms with Gasteiger partial charge in [-0.3, -0.25) is 23.4 Å². The lowest BCUT2D eigenvalue weighted by atomic mass is 10.1. The Morgan fingerprint density at radius 2 is 0.788 bits per heavy atom. The molecule has 3 unspecified atom stereocenters. The van der Waals surface area contributed by atoms with Gasteiger partial charge in [-0.25, -0.2) is 4.57 Å². The molecule has 0 aromatic heterocycles. The molecular formula is C54H97O11P. The van der Waals surface area contributed by atoms with E-state index in [1.165, 1.54) is 57.8 Å². The van der Waals surface area contributed by atoms with E-state index in [1.54, 1.807) is 0 Å². The molecular weight excluding hydrogens is 856 g/mol. The summed E-state index contributed by atoms with van der Waals surface area (Å²) in [5.41, 5.74) is 0. The summed E-state index contributed by atoms with van der Waals surface area (Å²) in [6, 6.07) is 0. The van der Waals surface area contributed by atoms with Crippen molar-refractivity contribution in [2.45, 2.75) is 251 Å². The Bertz CT molecular complexity index is 1300. The van der Waals surface area contributed by atoms with Gasteiger partial charge in [0.2, 0.25) is 0 Å². The van der Waals surface area contributed by atoms with Crippen LogP contribution in [0.25, 0.3) is 0 Å². The van der Waals surface area contributed by atoms with Crippen molar-refractivity contribution in [2.75, 3.05) is 26.4 Å². The van der Waals surface area contributed by atoms with Gasteiger partial charge in [0.15, 0.2) is 6.10 Å². The summed E-state index contributed by atoms with van der Waals surface area (Å²) in [5.74, 6) is -1.50. The van der Waals surface area contributed by atoms with Gasteiger partial charge in [-0.15, -0.1) is 0 Å². The van der Waals surface area contributed by atoms with Gasteiger partial charge in [-0.2, -0.15) is 0 Å². The lowest BCUT2D eigenvalue weighted by Crippen LogP contribution is -2.30. The summed E-state index contributed by atoms with van der Waals surface area (Å²) >= 11 is 0. The second-order valence-corrected chi connectivity index (χ2v) is 19.1. The molecule has 0 rings (SSSR count). The molecule has 0 aliphatic carbocycles. The van der Waals surface area contributed by atoms with Crippen molar-refractivity contribution in [3.8, 4) is 0 Å². The fourth-order valence-electron chi connectivity index (χ4n) is 7.07. The van der Waals surface area contributed by atoms with E-state index >= 15 is 0 Å². The van der Waals surface area contributed by atoms with Crippen molar-refractivity contribution in [3.05, 3.63) is 48.6 Å². The lowest BCUT2D eigenvalue weighted by Gasteiger charge is -2.21. The summed E-state index contributed by atoms with van der Waals surface area (Å²) < 4.78 is 39.3. The number of hydrogen-bond acceptors (Lipinski definition) is 10. The highest BCUT2D eigenvalue weighted by Crippen LogP contribution is 2.43. The van der Waals surface area contributed by atoms with Crippen LogP contribution in [-0.4, -0.2) is 66.5 Å². The topological polar surface area (TPSA) is 155 Å². The van der Waals surface area contributed by atoms with Crippen LogP contribution in [0, 0.1) is 0 Å². The second-order valence-electron chi connectivity index (χ2n) is 17.7. The van der Waals surface area contributed by atoms with Gasteiger partial charge in [0.25, 0.3) is 0 Å². The third kappa shape index (κ3) is 46.5. The molecule has 0 aliphatic rings. The molecule has 66 heavy (non-hydrogen) atoms. The molecule has 0 fully saturated rings. The molecule has 0 saturated carbocycles. The van der Waals surface area contributed by atoms with Crippen molar-refractivity contribution < 1.29 is 52.2 Å². The Kier molecular flexibility index (Phi) is 47.0. The minimum absolute atomic E-state index is 0.155. The zero-order valence-electron chi connectivity index (χ0n) is 42.2. The fourth-order valence-corrected chi connectivity index (χ4v) is 7.86. The highest BCUT2D eigenvalue weighted by molar-refractivity contribution is 7.47. The SMILES string of the molecule is CCC/C=C\C/C=C\CCCCCCCC(=O)OCC(COP(=O)(O)OCC(CO)OC(=O)CCCCCCC/C=C\CCCC)OC(=O)CCCCCCC/C=C\CCCCCCCC. The maximum atomic E-state index is 12.8. The monoisotopic (exact) mass is 953 g/mol. The summed E-state index contributed by atoms with van der Waals surface area (Å²) in [4.78, 5) is 48.3. The summed E-state index contributed by atoms with van der Waals surface area (Å²) in [6.45, 7) is 4.50. The molecule has 0 bridgehead atoms. The molecule has 0 radical (unpaired) electrons. The number of esters is 3. The van der Waals surface area contributed by atoms with E-state index in [-0.39, 0.29) is 25.9 Å². The summed E-state index contributed by atoms with van der Waals surface area (Å²) in [6.07, 6.45) is 49.3. The van der Waals surface area contributed by atoms with Crippen LogP contribution in [0.5, 0.6) is 0 Å². The minimum atomic E-state index is -4.74. The van der Waals surface area contributed by atoms with Gasteiger partial charge in [0.1, 0.15) is 12.7 Å². The molecule has 11 nitrogen and oxygen atoms in total. The number of carbonyl (C=O) groups excluding carboxylic acids is 3. The number of ether oxygens (including phenoxy) is 3. The van der Waals surface area contributed by atoms with Crippen molar-refractivity contribution in [1.82, 2.24) is 0 Å². The Hall–Kier alpha value is -2.56. The third-order valence-corrected chi connectivity index (χ3v) is 12.1. The summed E-state index contributed by atoms with van der Waals surface area (Å²) in [7, 11) is -4.74. The van der Waals surface area contributed by atoms with Crippen molar-refractivity contribution in [2.24, 2.45) is 0 Å². The first kappa shape index (κ1) is 63.4. The predicted octanol–water partition coefficient (Wildman–Crippen LogP) is 15.0. The third-order valence-electron chi connectivity index (χ3n) is 11.2. The molecule has 3 atom stereocenters.